The molecule has 0 amide bonds. The minimum Gasteiger partial charge on any atom is -0.507 e. The molecule has 0 aromatic heterocycles. The van der Waals surface area contributed by atoms with Crippen LogP contribution in [0.4, 0.5) is 0 Å². The predicted octanol–water partition coefficient (Wildman–Crippen LogP) is 5.16. The van der Waals surface area contributed by atoms with E-state index in [1.54, 1.807) is 0 Å². The molecule has 1 aromatic carbocycles. The summed E-state index contributed by atoms with van der Waals surface area (Å²) >= 11 is 0. The van der Waals surface area contributed by atoms with E-state index in [-0.39, 0.29) is 0 Å². The molecule has 1 fully saturated rings. The van der Waals surface area contributed by atoms with Crippen molar-refractivity contribution in [2.45, 2.75) is 70.3 Å². The highest BCUT2D eigenvalue weighted by Gasteiger charge is 2.43. The standard InChI is InChI=1S/C18H29NOSi/c1-5-21(6-2,7-3)17-11-16(12-17)19-13-15-10-8-9-14(4)18(15)20/h8-10,13,16-17,20H,5-7,11-12H2,1-4H3. The van der Waals surface area contributed by atoms with Crippen LogP contribution in [0.2, 0.25) is 23.7 Å². The summed E-state index contributed by atoms with van der Waals surface area (Å²) in [5.41, 5.74) is 2.73. The number of hydrogen-bond donors (Lipinski definition) is 1. The normalized spacial score (nSPS) is 22.5. The summed E-state index contributed by atoms with van der Waals surface area (Å²) in [6.07, 6.45) is 4.41. The van der Waals surface area contributed by atoms with Crippen LogP contribution in [0.5, 0.6) is 5.75 Å². The molecular weight excluding hydrogens is 274 g/mol. The van der Waals surface area contributed by atoms with Crippen molar-refractivity contribution in [2.24, 2.45) is 4.99 Å². The van der Waals surface area contributed by atoms with E-state index in [1.807, 2.05) is 31.3 Å². The maximum Gasteiger partial charge on any atom is 0.127 e. The van der Waals surface area contributed by atoms with Crippen LogP contribution in [0, 0.1) is 6.92 Å². The predicted molar refractivity (Wildman–Crippen MR) is 94.4 cm³/mol. The number of hydrogen-bond acceptors (Lipinski definition) is 2. The molecule has 2 rings (SSSR count). The van der Waals surface area contributed by atoms with E-state index >= 15 is 0 Å². The van der Waals surface area contributed by atoms with Gasteiger partial charge in [-0.05, 0) is 36.9 Å². The molecule has 1 aliphatic rings. The highest BCUT2D eigenvalue weighted by atomic mass is 28.3. The van der Waals surface area contributed by atoms with Crippen LogP contribution in [-0.2, 0) is 0 Å². The minimum absolute atomic E-state index is 0.372. The maximum absolute atomic E-state index is 10.0. The molecule has 0 radical (unpaired) electrons. The Morgan fingerprint density at radius 1 is 1.19 bits per heavy atom. The molecule has 3 heteroatoms. The third kappa shape index (κ3) is 3.23. The third-order valence-electron chi connectivity index (χ3n) is 5.78. The zero-order valence-corrected chi connectivity index (χ0v) is 14.9. The summed E-state index contributed by atoms with van der Waals surface area (Å²) in [5.74, 6) is 0.372. The Morgan fingerprint density at radius 3 is 2.38 bits per heavy atom. The molecule has 0 heterocycles. The van der Waals surface area contributed by atoms with Crippen molar-refractivity contribution < 1.29 is 5.11 Å². The Bertz CT molecular complexity index is 494. The molecule has 0 atom stereocenters. The largest absolute Gasteiger partial charge is 0.507 e. The summed E-state index contributed by atoms with van der Waals surface area (Å²) in [5, 5.41) is 10.0. The second-order valence-electron chi connectivity index (χ2n) is 6.54. The second kappa shape index (κ2) is 6.78. The van der Waals surface area contributed by atoms with Gasteiger partial charge < -0.3 is 5.11 Å². The van der Waals surface area contributed by atoms with Gasteiger partial charge in [-0.2, -0.15) is 0 Å². The zero-order valence-electron chi connectivity index (χ0n) is 13.9. The molecule has 0 unspecified atom stereocenters. The Balaban J connectivity index is 1.96. The maximum atomic E-state index is 10.0. The smallest absolute Gasteiger partial charge is 0.127 e. The first kappa shape index (κ1) is 16.3. The van der Waals surface area contributed by atoms with E-state index in [0.717, 1.165) is 16.7 Å². The summed E-state index contributed by atoms with van der Waals surface area (Å²) in [4.78, 5) is 4.71. The van der Waals surface area contributed by atoms with Gasteiger partial charge in [0.25, 0.3) is 0 Å². The molecule has 1 saturated carbocycles. The number of aromatic hydroxyl groups is 1. The molecule has 1 aromatic rings. The first-order chi connectivity index (χ1) is 10.1. The topological polar surface area (TPSA) is 32.6 Å². The number of phenolic OH excluding ortho intramolecular Hbond substituents is 1. The number of aryl methyl sites for hydroxylation is 1. The van der Waals surface area contributed by atoms with Gasteiger partial charge in [0.1, 0.15) is 5.75 Å². The van der Waals surface area contributed by atoms with E-state index in [1.165, 1.54) is 31.0 Å². The average Bonchev–Trinajstić information content (AvgIpc) is 2.46. The van der Waals surface area contributed by atoms with Gasteiger partial charge >= 0.3 is 0 Å². The van der Waals surface area contributed by atoms with E-state index in [0.29, 0.717) is 11.8 Å². The lowest BCUT2D eigenvalue weighted by Gasteiger charge is -2.46. The molecule has 1 N–H and O–H groups in total. The lowest BCUT2D eigenvalue weighted by atomic mass is 9.92. The number of benzene rings is 1. The van der Waals surface area contributed by atoms with Crippen molar-refractivity contribution in [2.75, 3.05) is 0 Å². The molecule has 116 valence electrons. The number of para-hydroxylation sites is 1. The zero-order chi connectivity index (χ0) is 15.5. The highest BCUT2D eigenvalue weighted by Crippen LogP contribution is 2.48. The van der Waals surface area contributed by atoms with Crippen LogP contribution >= 0.6 is 0 Å². The summed E-state index contributed by atoms with van der Waals surface area (Å²) < 4.78 is 0. The molecule has 0 spiro atoms. The van der Waals surface area contributed by atoms with Gasteiger partial charge in [0.2, 0.25) is 0 Å². The van der Waals surface area contributed by atoms with Crippen LogP contribution in [0.1, 0.15) is 44.7 Å². The van der Waals surface area contributed by atoms with Gasteiger partial charge in [-0.25, -0.2) is 0 Å². The van der Waals surface area contributed by atoms with E-state index < -0.39 is 8.07 Å². The SMILES string of the molecule is CC[Si](CC)(CC)C1CC(N=Cc2cccc(C)c2O)C1. The molecular formula is C18H29NOSi. The van der Waals surface area contributed by atoms with Crippen molar-refractivity contribution in [3.63, 3.8) is 0 Å². The van der Waals surface area contributed by atoms with Gasteiger partial charge in [0, 0.05) is 17.8 Å². The Labute approximate surface area is 130 Å². The van der Waals surface area contributed by atoms with E-state index in [9.17, 15) is 5.11 Å². The lowest BCUT2D eigenvalue weighted by Crippen LogP contribution is -2.45. The number of nitrogens with zero attached hydrogens (tertiary/aromatic N) is 1. The molecule has 21 heavy (non-hydrogen) atoms. The molecule has 0 bridgehead atoms. The minimum atomic E-state index is -1.03. The van der Waals surface area contributed by atoms with Crippen LogP contribution in [0.25, 0.3) is 0 Å². The number of rotatable bonds is 6. The molecule has 1 aliphatic carbocycles. The van der Waals surface area contributed by atoms with Gasteiger partial charge in [-0.15, -0.1) is 0 Å². The van der Waals surface area contributed by atoms with Crippen LogP contribution < -0.4 is 0 Å². The molecule has 0 aliphatic heterocycles. The quantitative estimate of drug-likeness (QED) is 0.571. The fourth-order valence-electron chi connectivity index (χ4n) is 3.80. The Kier molecular flexibility index (Phi) is 5.25. The van der Waals surface area contributed by atoms with Gasteiger partial charge in [-0.1, -0.05) is 51.0 Å². The summed E-state index contributed by atoms with van der Waals surface area (Å²) in [6.45, 7) is 9.09. The second-order valence-corrected chi connectivity index (χ2v) is 12.2. The van der Waals surface area contributed by atoms with Crippen molar-refractivity contribution in [1.82, 2.24) is 0 Å². The Morgan fingerprint density at radius 2 is 1.81 bits per heavy atom. The average molecular weight is 304 g/mol. The van der Waals surface area contributed by atoms with Gasteiger partial charge in [0.15, 0.2) is 0 Å². The van der Waals surface area contributed by atoms with Crippen molar-refractivity contribution >= 4 is 14.3 Å². The Hall–Kier alpha value is -1.09. The van der Waals surface area contributed by atoms with E-state index in [4.69, 9.17) is 4.99 Å². The van der Waals surface area contributed by atoms with Crippen LogP contribution in [0.15, 0.2) is 23.2 Å². The van der Waals surface area contributed by atoms with Crippen molar-refractivity contribution in [3.8, 4) is 5.75 Å². The summed E-state index contributed by atoms with van der Waals surface area (Å²) in [7, 11) is -1.03. The van der Waals surface area contributed by atoms with Crippen LogP contribution in [0.3, 0.4) is 0 Å². The van der Waals surface area contributed by atoms with Gasteiger partial charge in [-0.3, -0.25) is 4.99 Å². The van der Waals surface area contributed by atoms with E-state index in [2.05, 4.69) is 20.8 Å². The van der Waals surface area contributed by atoms with Gasteiger partial charge in [0.05, 0.1) is 8.07 Å². The number of phenols is 1. The lowest BCUT2D eigenvalue weighted by molar-refractivity contribution is 0.404. The first-order valence-electron chi connectivity index (χ1n) is 8.38. The first-order valence-corrected chi connectivity index (χ1v) is 11.1. The number of aliphatic imine (C=N–C) groups is 1. The van der Waals surface area contributed by atoms with Crippen molar-refractivity contribution in [1.29, 1.82) is 0 Å². The summed E-state index contributed by atoms with van der Waals surface area (Å²) in [6, 6.07) is 10.6. The van der Waals surface area contributed by atoms with Crippen LogP contribution in [-0.4, -0.2) is 25.4 Å². The van der Waals surface area contributed by atoms with Crippen molar-refractivity contribution in [3.05, 3.63) is 29.3 Å². The highest BCUT2D eigenvalue weighted by molar-refractivity contribution is 6.81. The molecule has 2 nitrogen and oxygen atoms in total. The molecule has 0 saturated heterocycles. The fourth-order valence-corrected chi connectivity index (χ4v) is 8.57. The monoisotopic (exact) mass is 303 g/mol. The fraction of sp³-hybridized carbons (Fsp3) is 0.611. The third-order valence-corrected chi connectivity index (χ3v) is 12.2.